The highest BCUT2D eigenvalue weighted by atomic mass is 35.5. The molecule has 22 heavy (non-hydrogen) atoms. The van der Waals surface area contributed by atoms with Crippen molar-refractivity contribution in [3.05, 3.63) is 56.5 Å². The number of ether oxygens (including phenoxy) is 2. The number of nitrogens with one attached hydrogen (secondary N) is 1. The smallest absolute Gasteiger partial charge is 0.161 e. The minimum atomic E-state index is -0.439. The lowest BCUT2D eigenvalue weighted by Crippen LogP contribution is -2.29. The summed E-state index contributed by atoms with van der Waals surface area (Å²) in [6.07, 6.45) is -0.439. The molecule has 2 rings (SSSR count). The van der Waals surface area contributed by atoms with Crippen LogP contribution in [0.4, 0.5) is 5.69 Å². The van der Waals surface area contributed by atoms with Crippen LogP contribution in [0.3, 0.4) is 0 Å². The Labute approximate surface area is 149 Å². The van der Waals surface area contributed by atoms with E-state index in [4.69, 9.17) is 55.9 Å². The Bertz CT molecular complexity index is 651. The zero-order valence-corrected chi connectivity index (χ0v) is 14.6. The van der Waals surface area contributed by atoms with Gasteiger partial charge in [-0.1, -0.05) is 46.4 Å². The largest absolute Gasteiger partial charge is 0.487 e. The maximum Gasteiger partial charge on any atom is 0.161 e. The van der Waals surface area contributed by atoms with Crippen molar-refractivity contribution in [2.45, 2.75) is 6.23 Å². The molecule has 0 fully saturated rings. The molecule has 0 aliphatic heterocycles. The summed E-state index contributed by atoms with van der Waals surface area (Å²) in [4.78, 5) is 0. The molecule has 0 radical (unpaired) electrons. The number of benzene rings is 2. The van der Waals surface area contributed by atoms with Gasteiger partial charge in [0.15, 0.2) is 6.23 Å². The molecular weight excluding hydrogens is 368 g/mol. The number of halogens is 4. The maximum atomic E-state index is 6.10. The van der Waals surface area contributed by atoms with Crippen molar-refractivity contribution in [1.29, 1.82) is 0 Å². The maximum absolute atomic E-state index is 6.10. The molecule has 2 aromatic rings. The van der Waals surface area contributed by atoms with Crippen LogP contribution in [0.1, 0.15) is 0 Å². The zero-order valence-electron chi connectivity index (χ0n) is 11.6. The fourth-order valence-corrected chi connectivity index (χ4v) is 2.38. The van der Waals surface area contributed by atoms with E-state index in [2.05, 4.69) is 5.32 Å². The number of rotatable bonds is 6. The highest BCUT2D eigenvalue weighted by Crippen LogP contribution is 2.29. The van der Waals surface area contributed by atoms with Gasteiger partial charge in [-0.3, -0.25) is 0 Å². The topological polar surface area (TPSA) is 30.5 Å². The fourth-order valence-electron chi connectivity index (χ4n) is 1.70. The third-order valence-corrected chi connectivity index (χ3v) is 3.92. The Morgan fingerprint density at radius 3 is 2.27 bits per heavy atom. The second-order valence-electron chi connectivity index (χ2n) is 4.38. The molecule has 0 bridgehead atoms. The van der Waals surface area contributed by atoms with Crippen molar-refractivity contribution in [2.75, 3.05) is 19.0 Å². The molecule has 2 aromatic carbocycles. The van der Waals surface area contributed by atoms with Crippen LogP contribution in [0.2, 0.25) is 20.1 Å². The number of methoxy groups -OCH3 is 1. The van der Waals surface area contributed by atoms with Crippen LogP contribution in [0.25, 0.3) is 0 Å². The highest BCUT2D eigenvalue weighted by molar-refractivity contribution is 6.35. The molecule has 1 atom stereocenters. The molecule has 3 nitrogen and oxygen atoms in total. The first-order valence-corrected chi connectivity index (χ1v) is 7.83. The molecule has 0 saturated carbocycles. The molecule has 0 spiro atoms. The third-order valence-electron chi connectivity index (χ3n) is 2.81. The summed E-state index contributed by atoms with van der Waals surface area (Å²) in [5, 5.41) is 5.22. The Balaban J connectivity index is 2.03. The second kappa shape index (κ2) is 8.14. The lowest BCUT2D eigenvalue weighted by molar-refractivity contribution is 0.0781. The SMILES string of the molecule is COC(COc1cc(Cl)ccc1Cl)Nc1cc(Cl)ccc1Cl. The van der Waals surface area contributed by atoms with E-state index in [0.29, 0.717) is 31.5 Å². The minimum Gasteiger partial charge on any atom is -0.487 e. The van der Waals surface area contributed by atoms with Gasteiger partial charge >= 0.3 is 0 Å². The molecule has 1 unspecified atom stereocenters. The van der Waals surface area contributed by atoms with Crippen LogP contribution in [-0.4, -0.2) is 19.9 Å². The average molecular weight is 381 g/mol. The van der Waals surface area contributed by atoms with Gasteiger partial charge in [0.1, 0.15) is 12.4 Å². The summed E-state index contributed by atoms with van der Waals surface area (Å²) < 4.78 is 11.0. The summed E-state index contributed by atoms with van der Waals surface area (Å²) in [5.41, 5.74) is 0.654. The van der Waals surface area contributed by atoms with E-state index in [9.17, 15) is 0 Å². The van der Waals surface area contributed by atoms with Crippen LogP contribution in [0.5, 0.6) is 5.75 Å². The summed E-state index contributed by atoms with van der Waals surface area (Å²) in [7, 11) is 1.55. The number of hydrogen-bond acceptors (Lipinski definition) is 3. The zero-order chi connectivity index (χ0) is 16.1. The molecule has 0 saturated heterocycles. The lowest BCUT2D eigenvalue weighted by atomic mass is 10.3. The quantitative estimate of drug-likeness (QED) is 0.645. The van der Waals surface area contributed by atoms with Gasteiger partial charge in [-0.25, -0.2) is 0 Å². The Morgan fingerprint density at radius 1 is 0.955 bits per heavy atom. The standard InChI is InChI=1S/C15H13Cl4NO2/c1-21-15(20-13-6-9(16)2-4-11(13)18)8-22-14-7-10(17)3-5-12(14)19/h2-7,15,20H,8H2,1H3. The van der Waals surface area contributed by atoms with Crippen LogP contribution >= 0.6 is 46.4 Å². The van der Waals surface area contributed by atoms with E-state index < -0.39 is 6.23 Å². The van der Waals surface area contributed by atoms with Crippen LogP contribution < -0.4 is 10.1 Å². The van der Waals surface area contributed by atoms with E-state index in [-0.39, 0.29) is 6.61 Å². The van der Waals surface area contributed by atoms with Gasteiger partial charge in [-0.05, 0) is 30.3 Å². The fraction of sp³-hybridized carbons (Fsp3) is 0.200. The predicted octanol–water partition coefficient (Wildman–Crippen LogP) is 5.76. The first-order chi connectivity index (χ1) is 10.5. The van der Waals surface area contributed by atoms with Gasteiger partial charge in [0, 0.05) is 23.2 Å². The first kappa shape index (κ1) is 17.5. The third kappa shape index (κ3) is 4.83. The van der Waals surface area contributed by atoms with Crippen LogP contribution in [0.15, 0.2) is 36.4 Å². The lowest BCUT2D eigenvalue weighted by Gasteiger charge is -2.20. The van der Waals surface area contributed by atoms with Gasteiger partial charge < -0.3 is 14.8 Å². The van der Waals surface area contributed by atoms with E-state index >= 15 is 0 Å². The van der Waals surface area contributed by atoms with Crippen molar-refractivity contribution in [2.24, 2.45) is 0 Å². The van der Waals surface area contributed by atoms with Gasteiger partial charge in [-0.15, -0.1) is 0 Å². The van der Waals surface area contributed by atoms with Gasteiger partial charge in [-0.2, -0.15) is 0 Å². The van der Waals surface area contributed by atoms with Crippen LogP contribution in [-0.2, 0) is 4.74 Å². The van der Waals surface area contributed by atoms with Crippen LogP contribution in [0, 0.1) is 0 Å². The molecule has 0 aliphatic carbocycles. The van der Waals surface area contributed by atoms with Crippen molar-refractivity contribution in [3.8, 4) is 5.75 Å². The van der Waals surface area contributed by atoms with E-state index in [1.54, 1.807) is 43.5 Å². The molecule has 0 heterocycles. The van der Waals surface area contributed by atoms with Gasteiger partial charge in [0.05, 0.1) is 15.7 Å². The predicted molar refractivity (Wildman–Crippen MR) is 92.8 cm³/mol. The second-order valence-corrected chi connectivity index (χ2v) is 6.07. The van der Waals surface area contributed by atoms with Gasteiger partial charge in [0.25, 0.3) is 0 Å². The number of hydrogen-bond donors (Lipinski definition) is 1. The molecule has 0 aromatic heterocycles. The minimum absolute atomic E-state index is 0.208. The molecule has 0 aliphatic rings. The summed E-state index contributed by atoms with van der Waals surface area (Å²) in [6.45, 7) is 0.208. The van der Waals surface area contributed by atoms with Crippen molar-refractivity contribution in [1.82, 2.24) is 0 Å². The number of anilines is 1. The summed E-state index contributed by atoms with van der Waals surface area (Å²) in [5.74, 6) is 0.482. The average Bonchev–Trinajstić information content (AvgIpc) is 2.50. The summed E-state index contributed by atoms with van der Waals surface area (Å²) in [6, 6.07) is 10.1. The Kier molecular flexibility index (Phi) is 6.48. The van der Waals surface area contributed by atoms with E-state index in [1.807, 2.05) is 0 Å². The Morgan fingerprint density at radius 2 is 1.59 bits per heavy atom. The monoisotopic (exact) mass is 379 g/mol. The van der Waals surface area contributed by atoms with E-state index in [1.165, 1.54) is 0 Å². The first-order valence-electron chi connectivity index (χ1n) is 6.32. The van der Waals surface area contributed by atoms with Crippen molar-refractivity contribution in [3.63, 3.8) is 0 Å². The van der Waals surface area contributed by atoms with Gasteiger partial charge in [0.2, 0.25) is 0 Å². The molecule has 7 heteroatoms. The normalized spacial score (nSPS) is 12.0. The molecular formula is C15H13Cl4NO2. The van der Waals surface area contributed by atoms with Crippen molar-refractivity contribution >= 4 is 52.1 Å². The van der Waals surface area contributed by atoms with Crippen molar-refractivity contribution < 1.29 is 9.47 Å². The highest BCUT2D eigenvalue weighted by Gasteiger charge is 2.12. The van der Waals surface area contributed by atoms with E-state index in [0.717, 1.165) is 0 Å². The Hall–Kier alpha value is -0.840. The molecule has 0 amide bonds. The summed E-state index contributed by atoms with van der Waals surface area (Å²) >= 11 is 24.0. The molecule has 1 N–H and O–H groups in total. The molecule has 118 valence electrons.